The maximum Gasteiger partial charge on any atom is 0.242 e. The fourth-order valence-electron chi connectivity index (χ4n) is 3.91. The number of nitrogens with zero attached hydrogens (tertiary/aromatic N) is 2. The summed E-state index contributed by atoms with van der Waals surface area (Å²) in [7, 11) is 1.72. The number of carbonyl (C=O) groups excluding carboxylic acids is 2. The van der Waals surface area contributed by atoms with Gasteiger partial charge >= 0.3 is 0 Å². The first kappa shape index (κ1) is 15.3. The van der Waals surface area contributed by atoms with E-state index in [-0.39, 0.29) is 30.3 Å². The summed E-state index contributed by atoms with van der Waals surface area (Å²) in [5, 5.41) is 0. The normalized spacial score (nSPS) is 31.4. The summed E-state index contributed by atoms with van der Waals surface area (Å²) in [6.07, 6.45) is 3.37. The first-order valence-electron chi connectivity index (χ1n) is 7.77. The van der Waals surface area contributed by atoms with Crippen molar-refractivity contribution in [3.05, 3.63) is 0 Å². The molecule has 4 atom stereocenters. The first-order valence-corrected chi connectivity index (χ1v) is 7.77. The third-order valence-electron chi connectivity index (χ3n) is 5.13. The molecule has 5 nitrogen and oxygen atoms in total. The molecule has 0 heterocycles. The first-order chi connectivity index (χ1) is 9.49. The van der Waals surface area contributed by atoms with Gasteiger partial charge in [-0.25, -0.2) is 0 Å². The molecular formula is C15H27N3O2. The van der Waals surface area contributed by atoms with Crippen molar-refractivity contribution in [3.63, 3.8) is 0 Å². The molecule has 0 aromatic carbocycles. The smallest absolute Gasteiger partial charge is 0.242 e. The van der Waals surface area contributed by atoms with Crippen LogP contribution in [0.1, 0.15) is 33.1 Å². The van der Waals surface area contributed by atoms with Crippen molar-refractivity contribution >= 4 is 11.8 Å². The topological polar surface area (TPSA) is 66.6 Å². The standard InChI is InChI=1S/C15H27N3O2/c1-4-18(5-2)12(19)9-17(3)15(20)13-10-6-7-11(8-10)14(13)16/h10-11,13-14H,4-9,16H2,1-3H3/t10-,11-,13-,14-/m0/s1. The van der Waals surface area contributed by atoms with Gasteiger partial charge in [0.25, 0.3) is 0 Å². The Morgan fingerprint density at radius 3 is 2.25 bits per heavy atom. The number of nitrogens with two attached hydrogens (primary N) is 1. The molecule has 2 aliphatic carbocycles. The SMILES string of the molecule is CCN(CC)C(=O)CN(C)C(=O)[C@H]1[C@H]2CC[C@@H](C2)[C@@H]1N. The van der Waals surface area contributed by atoms with Crippen LogP contribution in [0, 0.1) is 17.8 Å². The van der Waals surface area contributed by atoms with Crippen molar-refractivity contribution in [2.45, 2.75) is 39.2 Å². The largest absolute Gasteiger partial charge is 0.342 e. The second-order valence-electron chi connectivity index (χ2n) is 6.20. The molecule has 2 saturated carbocycles. The lowest BCUT2D eigenvalue weighted by Crippen LogP contribution is -2.48. The molecule has 0 radical (unpaired) electrons. The number of rotatable bonds is 5. The van der Waals surface area contributed by atoms with E-state index in [4.69, 9.17) is 5.73 Å². The van der Waals surface area contributed by atoms with Crippen molar-refractivity contribution < 1.29 is 9.59 Å². The highest BCUT2D eigenvalue weighted by Gasteiger charge is 2.49. The summed E-state index contributed by atoms with van der Waals surface area (Å²) < 4.78 is 0. The van der Waals surface area contributed by atoms with Crippen LogP contribution in [0.2, 0.25) is 0 Å². The Bertz CT molecular complexity index is 379. The van der Waals surface area contributed by atoms with Crippen molar-refractivity contribution in [1.82, 2.24) is 9.80 Å². The average molecular weight is 281 g/mol. The van der Waals surface area contributed by atoms with Gasteiger partial charge in [-0.15, -0.1) is 0 Å². The van der Waals surface area contributed by atoms with Gasteiger partial charge < -0.3 is 15.5 Å². The molecule has 0 aliphatic heterocycles. The third-order valence-corrected chi connectivity index (χ3v) is 5.13. The molecule has 2 amide bonds. The zero-order valence-electron chi connectivity index (χ0n) is 12.8. The van der Waals surface area contributed by atoms with Crippen LogP contribution in [0.5, 0.6) is 0 Å². The highest BCUT2D eigenvalue weighted by Crippen LogP contribution is 2.48. The number of likely N-dealkylation sites (N-methyl/N-ethyl adjacent to an activating group) is 2. The minimum Gasteiger partial charge on any atom is -0.342 e. The summed E-state index contributed by atoms with van der Waals surface area (Å²) in [5.41, 5.74) is 6.20. The fourth-order valence-corrected chi connectivity index (χ4v) is 3.91. The zero-order valence-corrected chi connectivity index (χ0v) is 12.8. The molecule has 0 aromatic heterocycles. The van der Waals surface area contributed by atoms with Crippen molar-refractivity contribution in [3.8, 4) is 0 Å². The number of hydrogen-bond acceptors (Lipinski definition) is 3. The third kappa shape index (κ3) is 2.68. The van der Waals surface area contributed by atoms with Crippen molar-refractivity contribution in [2.75, 3.05) is 26.7 Å². The monoisotopic (exact) mass is 281 g/mol. The van der Waals surface area contributed by atoms with Crippen LogP contribution in [0.4, 0.5) is 0 Å². The van der Waals surface area contributed by atoms with E-state index in [1.807, 2.05) is 13.8 Å². The van der Waals surface area contributed by atoms with E-state index in [0.29, 0.717) is 24.9 Å². The molecule has 2 aliphatic rings. The highest BCUT2D eigenvalue weighted by molar-refractivity contribution is 5.86. The lowest BCUT2D eigenvalue weighted by molar-refractivity contribution is -0.143. The maximum atomic E-state index is 12.6. The molecule has 114 valence electrons. The molecule has 0 spiro atoms. The van der Waals surface area contributed by atoms with E-state index in [2.05, 4.69) is 0 Å². The van der Waals surface area contributed by atoms with Gasteiger partial charge in [0.15, 0.2) is 0 Å². The second kappa shape index (κ2) is 6.12. The summed E-state index contributed by atoms with van der Waals surface area (Å²) in [4.78, 5) is 28.0. The number of hydrogen-bond donors (Lipinski definition) is 1. The van der Waals surface area contributed by atoms with Gasteiger partial charge in [-0.05, 0) is 44.9 Å². The minimum absolute atomic E-state index is 0.00717. The molecule has 0 saturated heterocycles. The Labute approximate surface area is 121 Å². The fraction of sp³-hybridized carbons (Fsp3) is 0.867. The maximum absolute atomic E-state index is 12.6. The van der Waals surface area contributed by atoms with Crippen molar-refractivity contribution in [2.24, 2.45) is 23.5 Å². The highest BCUT2D eigenvalue weighted by atomic mass is 16.2. The summed E-state index contributed by atoms with van der Waals surface area (Å²) in [6.45, 7) is 5.45. The minimum atomic E-state index is -0.0664. The number of amides is 2. The van der Waals surface area contributed by atoms with Crippen LogP contribution in [0.3, 0.4) is 0 Å². The Morgan fingerprint density at radius 2 is 1.75 bits per heavy atom. The summed E-state index contributed by atoms with van der Waals surface area (Å²) in [6, 6.07) is -0.00717. The molecule has 0 unspecified atom stereocenters. The molecule has 0 aromatic rings. The average Bonchev–Trinajstić information content (AvgIpc) is 3.00. The molecule has 20 heavy (non-hydrogen) atoms. The molecule has 2 fully saturated rings. The lowest BCUT2D eigenvalue weighted by atomic mass is 9.84. The second-order valence-corrected chi connectivity index (χ2v) is 6.20. The van der Waals surface area contributed by atoms with Crippen LogP contribution < -0.4 is 5.73 Å². The Morgan fingerprint density at radius 1 is 1.15 bits per heavy atom. The van der Waals surface area contributed by atoms with E-state index in [0.717, 1.165) is 19.3 Å². The molecular weight excluding hydrogens is 254 g/mol. The van der Waals surface area contributed by atoms with E-state index in [9.17, 15) is 9.59 Å². The van der Waals surface area contributed by atoms with Gasteiger partial charge in [-0.1, -0.05) is 0 Å². The van der Waals surface area contributed by atoms with Gasteiger partial charge in [0, 0.05) is 26.2 Å². The van der Waals surface area contributed by atoms with Crippen molar-refractivity contribution in [1.29, 1.82) is 0 Å². The van der Waals surface area contributed by atoms with Gasteiger partial charge in [0.05, 0.1) is 12.5 Å². The molecule has 2 rings (SSSR count). The van der Waals surface area contributed by atoms with Crippen LogP contribution in [-0.4, -0.2) is 54.3 Å². The summed E-state index contributed by atoms with van der Waals surface area (Å²) in [5.74, 6) is 0.963. The van der Waals surface area contributed by atoms with E-state index in [1.165, 1.54) is 0 Å². The molecule has 2 bridgehead atoms. The van der Waals surface area contributed by atoms with E-state index >= 15 is 0 Å². The summed E-state index contributed by atoms with van der Waals surface area (Å²) >= 11 is 0. The van der Waals surface area contributed by atoms with Gasteiger partial charge in [0.1, 0.15) is 0 Å². The predicted molar refractivity (Wildman–Crippen MR) is 77.9 cm³/mol. The van der Waals surface area contributed by atoms with Gasteiger partial charge in [0.2, 0.25) is 11.8 Å². The number of fused-ring (bicyclic) bond motifs is 2. The quantitative estimate of drug-likeness (QED) is 0.806. The van der Waals surface area contributed by atoms with Gasteiger partial charge in [-0.3, -0.25) is 9.59 Å². The predicted octanol–water partition coefficient (Wildman–Crippen LogP) is 0.687. The van der Waals surface area contributed by atoms with E-state index < -0.39 is 0 Å². The van der Waals surface area contributed by atoms with Crippen LogP contribution in [-0.2, 0) is 9.59 Å². The van der Waals surface area contributed by atoms with E-state index in [1.54, 1.807) is 16.8 Å². The number of carbonyl (C=O) groups is 2. The Kier molecular flexibility index (Phi) is 4.68. The van der Waals surface area contributed by atoms with Crippen LogP contribution in [0.25, 0.3) is 0 Å². The van der Waals surface area contributed by atoms with Gasteiger partial charge in [-0.2, -0.15) is 0 Å². The Hall–Kier alpha value is -1.10. The van der Waals surface area contributed by atoms with Crippen LogP contribution >= 0.6 is 0 Å². The van der Waals surface area contributed by atoms with Crippen LogP contribution in [0.15, 0.2) is 0 Å². The Balaban J connectivity index is 1.94. The molecule has 2 N–H and O–H groups in total. The zero-order chi connectivity index (χ0) is 14.9. The lowest BCUT2D eigenvalue weighted by Gasteiger charge is -2.31. The molecule has 5 heteroatoms.